The quantitative estimate of drug-likeness (QED) is 0.330. The van der Waals surface area contributed by atoms with Gasteiger partial charge >= 0.3 is 0 Å². The van der Waals surface area contributed by atoms with Gasteiger partial charge in [-0.1, -0.05) is 66.7 Å². The first-order valence-electron chi connectivity index (χ1n) is 10.8. The number of hydrogen-bond acceptors (Lipinski definition) is 5. The van der Waals surface area contributed by atoms with Crippen molar-refractivity contribution in [3.05, 3.63) is 72.3 Å². The van der Waals surface area contributed by atoms with E-state index in [0.717, 1.165) is 27.5 Å². The maximum absolute atomic E-state index is 12.6. The summed E-state index contributed by atoms with van der Waals surface area (Å²) in [7, 11) is -4.25. The topological polar surface area (TPSA) is 87.7 Å². The maximum Gasteiger partial charge on any atom is 0.268 e. The molecule has 0 radical (unpaired) electrons. The van der Waals surface area contributed by atoms with Gasteiger partial charge in [-0.3, -0.25) is 9.36 Å². The molecule has 0 spiro atoms. The predicted molar refractivity (Wildman–Crippen MR) is 125 cm³/mol. The standard InChI is InChI=1S/C25H30NO5P/c1-19(2)31-32(28,29)30-17-9-8-16-26-24(27)18-22-15-14-20-10-6-7-13-23(20)25(22)21-11-4-3-5-12-21/h3-7,10-15,19H,8-9,16-18H2,1-2H3,(H,26,27)(H,28,29)/p-1. The molecule has 1 unspecified atom stereocenters. The summed E-state index contributed by atoms with van der Waals surface area (Å²) in [4.78, 5) is 24.1. The molecule has 170 valence electrons. The van der Waals surface area contributed by atoms with E-state index in [1.54, 1.807) is 13.8 Å². The third-order valence-electron chi connectivity index (χ3n) is 4.91. The predicted octanol–water partition coefficient (Wildman–Crippen LogP) is 4.86. The largest absolute Gasteiger partial charge is 0.756 e. The van der Waals surface area contributed by atoms with Gasteiger partial charge in [0.1, 0.15) is 0 Å². The number of amides is 1. The first kappa shape index (κ1) is 24.1. The number of benzene rings is 3. The van der Waals surface area contributed by atoms with Gasteiger partial charge in [-0.2, -0.15) is 0 Å². The van der Waals surface area contributed by atoms with Crippen molar-refractivity contribution < 1.29 is 23.3 Å². The SMILES string of the molecule is CC(C)OP(=O)([O-])OCCCCNC(=O)Cc1ccc2ccccc2c1-c1ccccc1. The monoisotopic (exact) mass is 454 g/mol. The summed E-state index contributed by atoms with van der Waals surface area (Å²) in [5.41, 5.74) is 3.12. The maximum atomic E-state index is 12.6. The molecule has 0 heterocycles. The average molecular weight is 454 g/mol. The summed E-state index contributed by atoms with van der Waals surface area (Å²) < 4.78 is 21.1. The molecule has 0 aromatic heterocycles. The van der Waals surface area contributed by atoms with Crippen molar-refractivity contribution in [2.75, 3.05) is 13.2 Å². The van der Waals surface area contributed by atoms with Crippen LogP contribution in [0.3, 0.4) is 0 Å². The Balaban J connectivity index is 1.57. The van der Waals surface area contributed by atoms with Crippen LogP contribution in [-0.4, -0.2) is 25.2 Å². The van der Waals surface area contributed by atoms with Gasteiger partial charge in [0.15, 0.2) is 0 Å². The first-order valence-corrected chi connectivity index (χ1v) is 12.3. The van der Waals surface area contributed by atoms with Gasteiger partial charge in [0.25, 0.3) is 7.82 Å². The zero-order valence-corrected chi connectivity index (χ0v) is 19.3. The van der Waals surface area contributed by atoms with E-state index >= 15 is 0 Å². The van der Waals surface area contributed by atoms with Gasteiger partial charge in [0, 0.05) is 6.54 Å². The molecule has 6 nitrogen and oxygen atoms in total. The smallest absolute Gasteiger partial charge is 0.268 e. The second-order valence-electron chi connectivity index (χ2n) is 7.86. The lowest BCUT2D eigenvalue weighted by atomic mass is 9.92. The molecule has 7 heteroatoms. The average Bonchev–Trinajstić information content (AvgIpc) is 2.75. The van der Waals surface area contributed by atoms with Gasteiger partial charge in [-0.15, -0.1) is 0 Å². The molecule has 0 saturated carbocycles. The zero-order chi connectivity index (χ0) is 23.0. The fraction of sp³-hybridized carbons (Fsp3) is 0.320. The van der Waals surface area contributed by atoms with Crippen LogP contribution in [-0.2, 0) is 24.8 Å². The van der Waals surface area contributed by atoms with Crippen molar-refractivity contribution in [2.45, 2.75) is 39.2 Å². The highest BCUT2D eigenvalue weighted by atomic mass is 31.2. The van der Waals surface area contributed by atoms with E-state index in [2.05, 4.69) is 29.6 Å². The summed E-state index contributed by atoms with van der Waals surface area (Å²) in [5.74, 6) is -0.0731. The molecule has 0 aliphatic heterocycles. The molecule has 1 amide bonds. The molecule has 0 aliphatic carbocycles. The Labute approximate surface area is 189 Å². The van der Waals surface area contributed by atoms with Gasteiger partial charge in [-0.25, -0.2) is 0 Å². The van der Waals surface area contributed by atoms with Crippen LogP contribution in [0.5, 0.6) is 0 Å². The van der Waals surface area contributed by atoms with Crippen LogP contribution in [0.4, 0.5) is 0 Å². The molecule has 0 fully saturated rings. The Morgan fingerprint density at radius 3 is 2.47 bits per heavy atom. The number of carbonyl (C=O) groups is 1. The molecule has 3 rings (SSSR count). The Kier molecular flexibility index (Phi) is 8.60. The lowest BCUT2D eigenvalue weighted by Gasteiger charge is -2.24. The fourth-order valence-corrected chi connectivity index (χ4v) is 4.50. The van der Waals surface area contributed by atoms with Gasteiger partial charge in [0.05, 0.1) is 19.1 Å². The first-order chi connectivity index (χ1) is 15.4. The molecule has 1 atom stereocenters. The van der Waals surface area contributed by atoms with Crippen molar-refractivity contribution in [2.24, 2.45) is 0 Å². The summed E-state index contributed by atoms with van der Waals surface area (Å²) in [6.45, 7) is 3.74. The number of carbonyl (C=O) groups excluding carboxylic acids is 1. The molecule has 3 aromatic carbocycles. The second kappa shape index (κ2) is 11.4. The third kappa shape index (κ3) is 7.01. The number of unbranched alkanes of at least 4 members (excludes halogenated alkanes) is 1. The molecule has 0 bridgehead atoms. The highest BCUT2D eigenvalue weighted by Gasteiger charge is 2.13. The number of rotatable bonds is 11. The number of phosphoric ester groups is 1. The lowest BCUT2D eigenvalue weighted by Crippen LogP contribution is -2.26. The van der Waals surface area contributed by atoms with Crippen molar-refractivity contribution in [3.8, 4) is 11.1 Å². The summed E-state index contributed by atoms with van der Waals surface area (Å²) in [6, 6.07) is 22.3. The molecule has 0 aliphatic rings. The highest BCUT2D eigenvalue weighted by Crippen LogP contribution is 2.39. The van der Waals surface area contributed by atoms with Crippen LogP contribution in [0.15, 0.2) is 66.7 Å². The highest BCUT2D eigenvalue weighted by molar-refractivity contribution is 7.45. The van der Waals surface area contributed by atoms with Crippen molar-refractivity contribution >= 4 is 24.5 Å². The zero-order valence-electron chi connectivity index (χ0n) is 18.5. The number of fused-ring (bicyclic) bond motifs is 1. The van der Waals surface area contributed by atoms with E-state index in [4.69, 9.17) is 9.05 Å². The Morgan fingerprint density at radius 1 is 1.00 bits per heavy atom. The van der Waals surface area contributed by atoms with Crippen LogP contribution >= 0.6 is 7.82 Å². The molecular formula is C25H29NO5P-. The summed E-state index contributed by atoms with van der Waals surface area (Å²) in [6.07, 6.45) is 0.924. The molecule has 1 N–H and O–H groups in total. The van der Waals surface area contributed by atoms with Gasteiger partial charge in [0.2, 0.25) is 5.91 Å². The van der Waals surface area contributed by atoms with Crippen molar-refractivity contribution in [3.63, 3.8) is 0 Å². The van der Waals surface area contributed by atoms with E-state index < -0.39 is 13.9 Å². The Hall–Kier alpha value is -2.50. The van der Waals surface area contributed by atoms with Crippen LogP contribution in [0, 0.1) is 0 Å². The molecule has 3 aromatic rings. The normalized spacial score (nSPS) is 13.2. The van der Waals surface area contributed by atoms with Crippen LogP contribution in [0.25, 0.3) is 21.9 Å². The van der Waals surface area contributed by atoms with E-state index in [9.17, 15) is 14.3 Å². The van der Waals surface area contributed by atoms with Gasteiger partial charge in [-0.05, 0) is 54.2 Å². The minimum absolute atomic E-state index is 0.0339. The van der Waals surface area contributed by atoms with E-state index in [1.165, 1.54) is 0 Å². The van der Waals surface area contributed by atoms with Crippen molar-refractivity contribution in [1.29, 1.82) is 0 Å². The minimum atomic E-state index is -4.25. The van der Waals surface area contributed by atoms with Crippen LogP contribution in [0.1, 0.15) is 32.3 Å². The third-order valence-corrected chi connectivity index (χ3v) is 6.09. The van der Waals surface area contributed by atoms with E-state index in [-0.39, 0.29) is 18.9 Å². The van der Waals surface area contributed by atoms with E-state index in [0.29, 0.717) is 19.4 Å². The van der Waals surface area contributed by atoms with Crippen LogP contribution < -0.4 is 10.2 Å². The Morgan fingerprint density at radius 2 is 1.72 bits per heavy atom. The second-order valence-corrected chi connectivity index (χ2v) is 9.22. The van der Waals surface area contributed by atoms with Crippen LogP contribution in [0.2, 0.25) is 0 Å². The fourth-order valence-electron chi connectivity index (χ4n) is 3.57. The number of hydrogen-bond donors (Lipinski definition) is 1. The number of phosphoric acid groups is 1. The molecular weight excluding hydrogens is 425 g/mol. The lowest BCUT2D eigenvalue weighted by molar-refractivity contribution is -0.228. The number of nitrogens with one attached hydrogen (secondary N) is 1. The summed E-state index contributed by atoms with van der Waals surface area (Å²) in [5, 5.41) is 5.16. The summed E-state index contributed by atoms with van der Waals surface area (Å²) >= 11 is 0. The molecule has 0 saturated heterocycles. The van der Waals surface area contributed by atoms with Gasteiger partial charge < -0.3 is 19.3 Å². The molecule has 32 heavy (non-hydrogen) atoms. The Bertz CT molecular complexity index is 1080. The minimum Gasteiger partial charge on any atom is -0.756 e. The van der Waals surface area contributed by atoms with E-state index in [1.807, 2.05) is 42.5 Å². The van der Waals surface area contributed by atoms with Crippen molar-refractivity contribution in [1.82, 2.24) is 5.32 Å².